The second kappa shape index (κ2) is 8.35. The third-order valence-corrected chi connectivity index (χ3v) is 3.71. The molecule has 154 valence electrons. The third kappa shape index (κ3) is 5.49. The summed E-state index contributed by atoms with van der Waals surface area (Å²) in [6.07, 6.45) is -2.66. The van der Waals surface area contributed by atoms with Crippen molar-refractivity contribution >= 4 is 0 Å². The number of aryl methyl sites for hydroxylation is 2. The molecule has 0 spiro atoms. The van der Waals surface area contributed by atoms with Gasteiger partial charge in [0.2, 0.25) is 0 Å². The maximum Gasteiger partial charge on any atom is 0.379 e. The third-order valence-electron chi connectivity index (χ3n) is 3.71. The molecule has 0 atom stereocenters. The summed E-state index contributed by atoms with van der Waals surface area (Å²) in [4.78, 5) is 1.94. The quantitative estimate of drug-likeness (QED) is 0.628. The summed E-state index contributed by atoms with van der Waals surface area (Å²) >= 11 is 0. The molecule has 0 aliphatic carbocycles. The van der Waals surface area contributed by atoms with E-state index in [1.165, 1.54) is 29.3 Å². The summed E-state index contributed by atoms with van der Waals surface area (Å²) in [5.41, 5.74) is 2.66. The average Bonchev–Trinajstić information content (AvgIpc) is 2.94. The van der Waals surface area contributed by atoms with Crippen molar-refractivity contribution in [2.75, 3.05) is 20.3 Å². The Balaban J connectivity index is 0.000000377. The van der Waals surface area contributed by atoms with Gasteiger partial charge in [-0.3, -0.25) is 0 Å². The normalized spacial score (nSPS) is 15.3. The van der Waals surface area contributed by atoms with Gasteiger partial charge in [-0.25, -0.2) is 8.78 Å². The first-order valence-electron chi connectivity index (χ1n) is 7.78. The Morgan fingerprint density at radius 3 is 1.67 bits per heavy atom. The smallest absolute Gasteiger partial charge is 0.362 e. The molecule has 10 heteroatoms. The molecule has 1 aliphatic heterocycles. The minimum atomic E-state index is -6.15. The average molecular weight is 404 g/mol. The second-order valence-corrected chi connectivity index (χ2v) is 6.30. The van der Waals surface area contributed by atoms with Gasteiger partial charge in [0.05, 0.1) is 13.2 Å². The van der Waals surface area contributed by atoms with Crippen molar-refractivity contribution < 1.29 is 35.1 Å². The van der Waals surface area contributed by atoms with Crippen LogP contribution in [0.1, 0.15) is 11.1 Å². The Hall–Kier alpha value is -2.00. The van der Waals surface area contributed by atoms with Gasteiger partial charge in [-0.15, -0.1) is 0 Å². The van der Waals surface area contributed by atoms with Crippen LogP contribution in [-0.4, -0.2) is 54.3 Å². The Labute approximate surface area is 152 Å². The molecular formula is C17H20F8N2. The first kappa shape index (κ1) is 23.0. The van der Waals surface area contributed by atoms with E-state index in [1.807, 2.05) is 0 Å². The highest BCUT2D eigenvalue weighted by Gasteiger charge is 2.75. The fraction of sp³-hybridized carbons (Fsp3) is 0.529. The van der Waals surface area contributed by atoms with Crippen LogP contribution >= 0.6 is 0 Å². The van der Waals surface area contributed by atoms with Crippen molar-refractivity contribution in [3.8, 4) is 0 Å². The predicted molar refractivity (Wildman–Crippen MR) is 85.2 cm³/mol. The molecule has 0 amide bonds. The van der Waals surface area contributed by atoms with Crippen LogP contribution in [0, 0.1) is 13.8 Å². The number of alkyl halides is 8. The Morgan fingerprint density at radius 2 is 1.33 bits per heavy atom. The largest absolute Gasteiger partial charge is 0.379 e. The molecule has 0 fully saturated rings. The summed E-state index contributed by atoms with van der Waals surface area (Å²) in [6, 6.07) is 8.48. The van der Waals surface area contributed by atoms with Gasteiger partial charge in [0.25, 0.3) is 0 Å². The number of nitrogens with zero attached hydrogens (tertiary/aromatic N) is 2. The number of hydrogen-bond acceptors (Lipinski definition) is 2. The lowest BCUT2D eigenvalue weighted by atomic mass is 10.0. The van der Waals surface area contributed by atoms with Gasteiger partial charge in [0, 0.05) is 19.4 Å². The van der Waals surface area contributed by atoms with Gasteiger partial charge >= 0.3 is 24.2 Å². The lowest BCUT2D eigenvalue weighted by Gasteiger charge is -2.34. The standard InChI is InChI=1S/C9H10F8N2.C8H10/c1-18-2-3-19(5-18)4-7(12,13)9(16,17)8(14,15)6(10)11;1-7-3-5-8(2)6-4-7/h2-3,6H,4-5H2,1H3;3-6H,1-2H3. The molecule has 0 bridgehead atoms. The first-order valence-corrected chi connectivity index (χ1v) is 7.78. The SMILES string of the molecule is CN1C=CN(CC(F)(F)C(F)(F)C(F)(F)C(F)F)C1.Cc1ccc(C)cc1. The molecule has 1 aliphatic rings. The van der Waals surface area contributed by atoms with Crippen molar-refractivity contribution in [1.29, 1.82) is 0 Å². The van der Waals surface area contributed by atoms with Crippen molar-refractivity contribution in [2.45, 2.75) is 38.0 Å². The summed E-state index contributed by atoms with van der Waals surface area (Å²) in [5, 5.41) is 0. The highest BCUT2D eigenvalue weighted by molar-refractivity contribution is 5.19. The van der Waals surface area contributed by atoms with Gasteiger partial charge in [-0.05, 0) is 13.8 Å². The van der Waals surface area contributed by atoms with Crippen molar-refractivity contribution in [3.05, 3.63) is 47.8 Å². The van der Waals surface area contributed by atoms with Crippen LogP contribution in [0.25, 0.3) is 0 Å². The van der Waals surface area contributed by atoms with Crippen LogP contribution < -0.4 is 0 Å². The zero-order valence-corrected chi connectivity index (χ0v) is 14.9. The van der Waals surface area contributed by atoms with Crippen molar-refractivity contribution in [2.24, 2.45) is 0 Å². The minimum absolute atomic E-state index is 0.230. The lowest BCUT2D eigenvalue weighted by molar-refractivity contribution is -0.339. The van der Waals surface area contributed by atoms with Crippen molar-refractivity contribution in [3.63, 3.8) is 0 Å². The second-order valence-electron chi connectivity index (χ2n) is 6.30. The molecule has 0 saturated carbocycles. The van der Waals surface area contributed by atoms with E-state index in [4.69, 9.17) is 0 Å². The Kier molecular flexibility index (Phi) is 7.12. The van der Waals surface area contributed by atoms with Crippen LogP contribution in [0.2, 0.25) is 0 Å². The molecule has 0 unspecified atom stereocenters. The monoisotopic (exact) mass is 404 g/mol. The predicted octanol–water partition coefficient (Wildman–Crippen LogP) is 5.14. The zero-order chi connectivity index (χ0) is 21.0. The van der Waals surface area contributed by atoms with Gasteiger partial charge in [0.15, 0.2) is 0 Å². The van der Waals surface area contributed by atoms with E-state index >= 15 is 0 Å². The highest BCUT2D eigenvalue weighted by Crippen LogP contribution is 2.48. The maximum atomic E-state index is 13.2. The van der Waals surface area contributed by atoms with Crippen LogP contribution in [0.3, 0.4) is 0 Å². The topological polar surface area (TPSA) is 6.48 Å². The summed E-state index contributed by atoms with van der Waals surface area (Å²) in [6.45, 7) is 2.17. The van der Waals surface area contributed by atoms with Gasteiger partial charge in [0.1, 0.15) is 0 Å². The van der Waals surface area contributed by atoms with Gasteiger partial charge < -0.3 is 9.80 Å². The lowest BCUT2D eigenvalue weighted by Crippen LogP contribution is -2.60. The molecule has 27 heavy (non-hydrogen) atoms. The van der Waals surface area contributed by atoms with Crippen LogP contribution in [0.4, 0.5) is 35.1 Å². The van der Waals surface area contributed by atoms with E-state index in [0.717, 1.165) is 6.20 Å². The van der Waals surface area contributed by atoms with Gasteiger partial charge in [-0.2, -0.15) is 26.3 Å². The van der Waals surface area contributed by atoms with Crippen molar-refractivity contribution in [1.82, 2.24) is 9.80 Å². The van der Waals surface area contributed by atoms with Crippen LogP contribution in [-0.2, 0) is 0 Å². The van der Waals surface area contributed by atoms with E-state index in [-0.39, 0.29) is 6.67 Å². The van der Waals surface area contributed by atoms with Gasteiger partial charge in [-0.1, -0.05) is 35.4 Å². The Bertz CT molecular complexity index is 607. The first-order chi connectivity index (χ1) is 12.2. The number of benzene rings is 1. The van der Waals surface area contributed by atoms with E-state index in [1.54, 1.807) is 0 Å². The molecule has 1 heterocycles. The molecule has 2 nitrogen and oxygen atoms in total. The van der Waals surface area contributed by atoms with E-state index < -0.39 is 30.7 Å². The zero-order valence-electron chi connectivity index (χ0n) is 14.9. The molecule has 1 aromatic rings. The fourth-order valence-corrected chi connectivity index (χ4v) is 2.06. The summed E-state index contributed by atoms with van der Waals surface area (Å²) < 4.78 is 101. The molecule has 0 radical (unpaired) electrons. The summed E-state index contributed by atoms with van der Waals surface area (Å²) in [5.74, 6) is -17.6. The van der Waals surface area contributed by atoms with E-state index in [2.05, 4.69) is 38.1 Å². The Morgan fingerprint density at radius 1 is 0.889 bits per heavy atom. The van der Waals surface area contributed by atoms with Crippen LogP contribution in [0.5, 0.6) is 0 Å². The molecular weight excluding hydrogens is 384 g/mol. The summed E-state index contributed by atoms with van der Waals surface area (Å²) in [7, 11) is 1.43. The fourth-order valence-electron chi connectivity index (χ4n) is 2.06. The molecule has 1 aromatic carbocycles. The minimum Gasteiger partial charge on any atom is -0.362 e. The van der Waals surface area contributed by atoms with Crippen LogP contribution in [0.15, 0.2) is 36.7 Å². The molecule has 0 aromatic heterocycles. The maximum absolute atomic E-state index is 13.2. The molecule has 0 saturated heterocycles. The highest BCUT2D eigenvalue weighted by atomic mass is 19.4. The number of hydrogen-bond donors (Lipinski definition) is 0. The molecule has 2 rings (SSSR count). The number of rotatable bonds is 5. The molecule has 0 N–H and O–H groups in total. The number of halogens is 8. The van der Waals surface area contributed by atoms with E-state index in [0.29, 0.717) is 4.90 Å². The van der Waals surface area contributed by atoms with E-state index in [9.17, 15) is 35.1 Å².